The van der Waals surface area contributed by atoms with Crippen LogP contribution in [-0.4, -0.2) is 42.7 Å². The number of hydrogen-bond acceptors (Lipinski definition) is 7. The number of rotatable bonds is 6. The lowest BCUT2D eigenvalue weighted by Gasteiger charge is -2.26. The number of methoxy groups -OCH3 is 2. The first-order valence-electron chi connectivity index (χ1n) is 11.1. The van der Waals surface area contributed by atoms with E-state index in [2.05, 4.69) is 0 Å². The molecule has 36 heavy (non-hydrogen) atoms. The highest BCUT2D eigenvalue weighted by Crippen LogP contribution is 2.42. The molecule has 1 N–H and O–H groups in total. The standard InChI is InChI=1S/C27H22ClNO7/c1-33-18-5-3-4-16(11-18)24-23(25(30)17-7-8-19(28)21(12-17)34-2)26(31)27(32)29(24)13-15-6-9-20-22(10-15)36-14-35-20/h3-12,24,30H,13-14H2,1-2H3/b25-23+. The van der Waals surface area contributed by atoms with Gasteiger partial charge in [0.1, 0.15) is 17.3 Å². The maximum absolute atomic E-state index is 13.3. The van der Waals surface area contributed by atoms with Crippen LogP contribution in [0.3, 0.4) is 0 Å². The highest BCUT2D eigenvalue weighted by Gasteiger charge is 2.46. The fraction of sp³-hybridized carbons (Fsp3) is 0.185. The summed E-state index contributed by atoms with van der Waals surface area (Å²) in [7, 11) is 2.98. The van der Waals surface area contributed by atoms with Crippen molar-refractivity contribution in [2.24, 2.45) is 0 Å². The van der Waals surface area contributed by atoms with Gasteiger partial charge >= 0.3 is 0 Å². The lowest BCUT2D eigenvalue weighted by molar-refractivity contribution is -0.140. The van der Waals surface area contributed by atoms with Crippen molar-refractivity contribution in [3.8, 4) is 23.0 Å². The van der Waals surface area contributed by atoms with Crippen molar-refractivity contribution in [2.75, 3.05) is 21.0 Å². The van der Waals surface area contributed by atoms with Crippen LogP contribution in [0.15, 0.2) is 66.2 Å². The number of ketones is 1. The number of halogens is 1. The maximum atomic E-state index is 13.3. The molecular formula is C27H22ClNO7. The fourth-order valence-corrected chi connectivity index (χ4v) is 4.59. The summed E-state index contributed by atoms with van der Waals surface area (Å²) < 4.78 is 21.5. The van der Waals surface area contributed by atoms with Crippen LogP contribution in [0.1, 0.15) is 22.7 Å². The van der Waals surface area contributed by atoms with Gasteiger partial charge < -0.3 is 29.0 Å². The Morgan fingerprint density at radius 2 is 1.83 bits per heavy atom. The first-order valence-corrected chi connectivity index (χ1v) is 11.4. The molecule has 1 amide bonds. The van der Waals surface area contributed by atoms with Crippen molar-refractivity contribution in [2.45, 2.75) is 12.6 Å². The van der Waals surface area contributed by atoms with E-state index in [9.17, 15) is 14.7 Å². The van der Waals surface area contributed by atoms with E-state index >= 15 is 0 Å². The lowest BCUT2D eigenvalue weighted by Crippen LogP contribution is -2.29. The molecule has 2 aliphatic heterocycles. The number of carbonyl (C=O) groups is 2. The molecule has 0 saturated carbocycles. The summed E-state index contributed by atoms with van der Waals surface area (Å²) in [6.07, 6.45) is 0. The van der Waals surface area contributed by atoms with Gasteiger partial charge in [-0.25, -0.2) is 0 Å². The van der Waals surface area contributed by atoms with Gasteiger partial charge in [-0.15, -0.1) is 0 Å². The number of Topliss-reactive ketones (excluding diaryl/α,β-unsaturated/α-hetero) is 1. The molecule has 0 aromatic heterocycles. The molecule has 1 atom stereocenters. The number of amides is 1. The van der Waals surface area contributed by atoms with E-state index in [0.29, 0.717) is 39.1 Å². The molecule has 3 aromatic rings. The maximum Gasteiger partial charge on any atom is 0.295 e. The molecule has 184 valence electrons. The molecule has 1 saturated heterocycles. The Bertz CT molecular complexity index is 1400. The summed E-state index contributed by atoms with van der Waals surface area (Å²) in [6.45, 7) is 0.224. The molecule has 3 aromatic carbocycles. The smallest absolute Gasteiger partial charge is 0.295 e. The number of aliphatic hydroxyl groups is 1. The minimum Gasteiger partial charge on any atom is -0.507 e. The molecule has 1 unspecified atom stereocenters. The van der Waals surface area contributed by atoms with E-state index in [1.165, 1.54) is 25.2 Å². The van der Waals surface area contributed by atoms with Gasteiger partial charge in [0.05, 0.1) is 30.9 Å². The Labute approximate surface area is 212 Å². The zero-order valence-corrected chi connectivity index (χ0v) is 20.2. The first kappa shape index (κ1) is 23.6. The highest BCUT2D eigenvalue weighted by molar-refractivity contribution is 6.46. The van der Waals surface area contributed by atoms with Crippen molar-refractivity contribution in [1.82, 2.24) is 4.90 Å². The third-order valence-corrected chi connectivity index (χ3v) is 6.48. The SMILES string of the molecule is COc1cccc(C2/C(=C(\O)c3ccc(Cl)c(OC)c3)C(=O)C(=O)N2Cc2ccc3c(c2)OCO3)c1. The van der Waals surface area contributed by atoms with E-state index in [1.54, 1.807) is 54.6 Å². The summed E-state index contributed by atoms with van der Waals surface area (Å²) in [5.41, 5.74) is 1.60. The van der Waals surface area contributed by atoms with E-state index in [1.807, 2.05) is 0 Å². The lowest BCUT2D eigenvalue weighted by atomic mass is 9.95. The Hall–Kier alpha value is -4.17. The van der Waals surface area contributed by atoms with Crippen LogP contribution in [0.2, 0.25) is 5.02 Å². The third kappa shape index (κ3) is 4.09. The topological polar surface area (TPSA) is 94.5 Å². The number of hydrogen-bond donors (Lipinski definition) is 1. The number of aliphatic hydroxyl groups excluding tert-OH is 1. The van der Waals surface area contributed by atoms with Crippen molar-refractivity contribution >= 4 is 29.1 Å². The van der Waals surface area contributed by atoms with Crippen LogP contribution in [-0.2, 0) is 16.1 Å². The van der Waals surface area contributed by atoms with Crippen molar-refractivity contribution in [3.63, 3.8) is 0 Å². The second kappa shape index (κ2) is 9.47. The second-order valence-electron chi connectivity index (χ2n) is 8.24. The minimum absolute atomic E-state index is 0.0432. The zero-order valence-electron chi connectivity index (χ0n) is 19.5. The normalized spacial score (nSPS) is 18.0. The molecule has 1 fully saturated rings. The summed E-state index contributed by atoms with van der Waals surface area (Å²) in [5, 5.41) is 11.7. The van der Waals surface area contributed by atoms with Crippen LogP contribution < -0.4 is 18.9 Å². The van der Waals surface area contributed by atoms with Crippen LogP contribution in [0.4, 0.5) is 0 Å². The van der Waals surface area contributed by atoms with Crippen LogP contribution in [0.5, 0.6) is 23.0 Å². The van der Waals surface area contributed by atoms with Gasteiger partial charge in [0, 0.05) is 12.1 Å². The molecule has 2 aliphatic rings. The van der Waals surface area contributed by atoms with Gasteiger partial charge in [0.15, 0.2) is 11.5 Å². The van der Waals surface area contributed by atoms with Crippen LogP contribution >= 0.6 is 11.6 Å². The van der Waals surface area contributed by atoms with Crippen molar-refractivity contribution in [3.05, 3.63) is 87.9 Å². The number of benzene rings is 3. The molecule has 0 radical (unpaired) electrons. The number of nitrogens with zero attached hydrogens (tertiary/aromatic N) is 1. The monoisotopic (exact) mass is 507 g/mol. The zero-order chi connectivity index (χ0) is 25.4. The second-order valence-corrected chi connectivity index (χ2v) is 8.65. The molecule has 2 heterocycles. The van der Waals surface area contributed by atoms with Gasteiger partial charge in [-0.2, -0.15) is 0 Å². The van der Waals surface area contributed by atoms with E-state index in [-0.39, 0.29) is 24.7 Å². The number of likely N-dealkylation sites (tertiary alicyclic amines) is 1. The molecular weight excluding hydrogens is 486 g/mol. The molecule has 0 bridgehead atoms. The average molecular weight is 508 g/mol. The average Bonchev–Trinajstić information content (AvgIpc) is 3.46. The van der Waals surface area contributed by atoms with E-state index in [0.717, 1.165) is 5.56 Å². The summed E-state index contributed by atoms with van der Waals surface area (Å²) in [5.74, 6) is 0.196. The summed E-state index contributed by atoms with van der Waals surface area (Å²) >= 11 is 6.14. The fourth-order valence-electron chi connectivity index (χ4n) is 4.40. The Kier molecular flexibility index (Phi) is 6.20. The molecule has 0 aliphatic carbocycles. The van der Waals surface area contributed by atoms with Gasteiger partial charge in [-0.1, -0.05) is 29.8 Å². The first-order chi connectivity index (χ1) is 17.4. The van der Waals surface area contributed by atoms with Crippen LogP contribution in [0.25, 0.3) is 5.76 Å². The third-order valence-electron chi connectivity index (χ3n) is 6.16. The number of carbonyl (C=O) groups excluding carboxylic acids is 2. The van der Waals surface area contributed by atoms with Gasteiger partial charge in [0.25, 0.3) is 11.7 Å². The van der Waals surface area contributed by atoms with Gasteiger partial charge in [0.2, 0.25) is 6.79 Å². The largest absolute Gasteiger partial charge is 0.507 e. The van der Waals surface area contributed by atoms with Crippen molar-refractivity contribution < 1.29 is 33.6 Å². The Morgan fingerprint density at radius 1 is 1.03 bits per heavy atom. The van der Waals surface area contributed by atoms with Crippen molar-refractivity contribution in [1.29, 1.82) is 0 Å². The number of ether oxygens (including phenoxy) is 4. The molecule has 9 heteroatoms. The minimum atomic E-state index is -0.868. The van der Waals surface area contributed by atoms with E-state index in [4.69, 9.17) is 30.5 Å². The molecule has 5 rings (SSSR count). The predicted octanol–water partition coefficient (Wildman–Crippen LogP) is 4.71. The predicted molar refractivity (Wildman–Crippen MR) is 131 cm³/mol. The summed E-state index contributed by atoms with van der Waals surface area (Å²) in [6, 6.07) is 16.1. The van der Waals surface area contributed by atoms with Crippen LogP contribution in [0, 0.1) is 0 Å². The quantitative estimate of drug-likeness (QED) is 0.293. The van der Waals surface area contributed by atoms with Gasteiger partial charge in [-0.05, 0) is 53.6 Å². The Morgan fingerprint density at radius 3 is 2.61 bits per heavy atom. The summed E-state index contributed by atoms with van der Waals surface area (Å²) in [4.78, 5) is 28.1. The van der Waals surface area contributed by atoms with E-state index < -0.39 is 17.7 Å². The molecule has 0 spiro atoms. The van der Waals surface area contributed by atoms with Gasteiger partial charge in [-0.3, -0.25) is 9.59 Å². The molecule has 8 nitrogen and oxygen atoms in total. The highest BCUT2D eigenvalue weighted by atomic mass is 35.5. The Balaban J connectivity index is 1.63. The number of fused-ring (bicyclic) bond motifs is 1.